The van der Waals surface area contributed by atoms with Crippen LogP contribution in [-0.4, -0.2) is 36.2 Å². The number of carbonyl (C=O) groups is 2. The van der Waals surface area contributed by atoms with Gasteiger partial charge in [0.05, 0.1) is 5.69 Å². The summed E-state index contributed by atoms with van der Waals surface area (Å²) in [7, 11) is 0. The van der Waals surface area contributed by atoms with E-state index in [2.05, 4.69) is 5.32 Å². The molecule has 1 heterocycles. The summed E-state index contributed by atoms with van der Waals surface area (Å²) in [6.07, 6.45) is -5.50. The van der Waals surface area contributed by atoms with Gasteiger partial charge in [-0.25, -0.2) is 0 Å². The Kier molecular flexibility index (Phi) is 5.77. The number of ether oxygens (including phenoxy) is 1. The number of hydrogen-bond acceptors (Lipinski definition) is 3. The van der Waals surface area contributed by atoms with Gasteiger partial charge in [0.15, 0.2) is 5.60 Å². The number of nitrogens with zero attached hydrogens (tertiary/aromatic N) is 1. The van der Waals surface area contributed by atoms with Crippen molar-refractivity contribution in [3.05, 3.63) is 23.3 Å². The van der Waals surface area contributed by atoms with Gasteiger partial charge in [-0.1, -0.05) is 0 Å². The molecule has 1 aromatic carbocycles. The molecule has 0 aromatic heterocycles. The lowest BCUT2D eigenvalue weighted by Crippen LogP contribution is -2.53. The second-order valence-corrected chi connectivity index (χ2v) is 7.55. The number of amides is 2. The number of anilines is 1. The van der Waals surface area contributed by atoms with Gasteiger partial charge in [-0.3, -0.25) is 9.59 Å². The van der Waals surface area contributed by atoms with Crippen LogP contribution >= 0.6 is 0 Å². The van der Waals surface area contributed by atoms with E-state index in [1.165, 1.54) is 11.0 Å². The molecule has 1 N–H and O–H groups in total. The summed E-state index contributed by atoms with van der Waals surface area (Å²) >= 11 is 0. The summed E-state index contributed by atoms with van der Waals surface area (Å²) in [5.74, 6) is -0.362. The van der Waals surface area contributed by atoms with Gasteiger partial charge in [-0.05, 0) is 58.7 Å². The van der Waals surface area contributed by atoms with Crippen LogP contribution in [0.3, 0.4) is 0 Å². The average molecular weight is 386 g/mol. The number of fused-ring (bicyclic) bond motifs is 1. The van der Waals surface area contributed by atoms with Crippen molar-refractivity contribution < 1.29 is 27.5 Å². The van der Waals surface area contributed by atoms with Gasteiger partial charge in [-0.2, -0.15) is 13.2 Å². The minimum atomic E-state index is -4.29. The minimum absolute atomic E-state index is 0.0763. The normalized spacial score (nSPS) is 16.2. The Balaban J connectivity index is 2.40. The molecular weight excluding hydrogens is 361 g/mol. The van der Waals surface area contributed by atoms with Crippen molar-refractivity contribution in [3.63, 3.8) is 0 Å². The highest BCUT2D eigenvalue weighted by molar-refractivity contribution is 6.04. The molecule has 2 amide bonds. The Morgan fingerprint density at radius 2 is 1.93 bits per heavy atom. The van der Waals surface area contributed by atoms with Gasteiger partial charge in [0, 0.05) is 24.6 Å². The maximum absolute atomic E-state index is 12.7. The molecule has 2 rings (SSSR count). The molecule has 1 aliphatic heterocycles. The van der Waals surface area contributed by atoms with Crippen molar-refractivity contribution in [1.29, 1.82) is 0 Å². The zero-order valence-corrected chi connectivity index (χ0v) is 16.2. The maximum Gasteiger partial charge on any atom is 0.389 e. The van der Waals surface area contributed by atoms with E-state index in [1.54, 1.807) is 26.8 Å². The van der Waals surface area contributed by atoms with Crippen LogP contribution in [0.15, 0.2) is 12.1 Å². The van der Waals surface area contributed by atoms with Crippen LogP contribution < -0.4 is 15.0 Å². The van der Waals surface area contributed by atoms with Crippen molar-refractivity contribution in [2.75, 3.05) is 11.4 Å². The number of rotatable bonds is 5. The molecule has 0 radical (unpaired) electrons. The third-order valence-electron chi connectivity index (χ3n) is 4.23. The van der Waals surface area contributed by atoms with Crippen molar-refractivity contribution in [2.24, 2.45) is 0 Å². The van der Waals surface area contributed by atoms with E-state index in [9.17, 15) is 22.8 Å². The van der Waals surface area contributed by atoms with Crippen LogP contribution in [0.1, 0.15) is 56.5 Å². The molecule has 0 saturated carbocycles. The fraction of sp³-hybridized carbons (Fsp3) is 0.579. The number of halogens is 3. The third kappa shape index (κ3) is 4.93. The largest absolute Gasteiger partial charge is 0.476 e. The highest BCUT2D eigenvalue weighted by Crippen LogP contribution is 2.40. The maximum atomic E-state index is 12.7. The quantitative estimate of drug-likeness (QED) is 0.833. The van der Waals surface area contributed by atoms with Gasteiger partial charge in [0.25, 0.3) is 11.8 Å². The monoisotopic (exact) mass is 386 g/mol. The van der Waals surface area contributed by atoms with Gasteiger partial charge in [0.1, 0.15) is 5.75 Å². The zero-order chi connectivity index (χ0) is 20.6. The lowest BCUT2D eigenvalue weighted by Gasteiger charge is -2.39. The lowest BCUT2D eigenvalue weighted by atomic mass is 9.99. The molecule has 0 unspecified atom stereocenters. The Morgan fingerprint density at radius 1 is 1.30 bits per heavy atom. The Bertz CT molecular complexity index is 742. The lowest BCUT2D eigenvalue weighted by molar-refractivity contribution is -0.137. The summed E-state index contributed by atoms with van der Waals surface area (Å²) < 4.78 is 43.3. The Labute approximate surface area is 156 Å². The summed E-state index contributed by atoms with van der Waals surface area (Å²) in [4.78, 5) is 26.4. The SMILES string of the molecule is Cc1cc2c(cc1C(=O)NC(C)C)N(CCCC(F)(F)F)C(=O)C(C)(C)O2. The van der Waals surface area contributed by atoms with Crippen LogP contribution in [0, 0.1) is 6.92 Å². The molecule has 0 fully saturated rings. The van der Waals surface area contributed by atoms with Crippen LogP contribution in [-0.2, 0) is 4.79 Å². The van der Waals surface area contributed by atoms with E-state index in [-0.39, 0.29) is 24.9 Å². The predicted octanol–water partition coefficient (Wildman–Crippen LogP) is 3.98. The fourth-order valence-electron chi connectivity index (χ4n) is 2.96. The number of hydrogen-bond donors (Lipinski definition) is 1. The predicted molar refractivity (Wildman–Crippen MR) is 96.1 cm³/mol. The molecule has 150 valence electrons. The smallest absolute Gasteiger partial charge is 0.389 e. The summed E-state index contributed by atoms with van der Waals surface area (Å²) in [5.41, 5.74) is 0.145. The van der Waals surface area contributed by atoms with Gasteiger partial charge < -0.3 is 15.0 Å². The fourth-order valence-corrected chi connectivity index (χ4v) is 2.96. The molecule has 8 heteroatoms. The highest BCUT2D eigenvalue weighted by atomic mass is 19.4. The number of benzene rings is 1. The first-order valence-corrected chi connectivity index (χ1v) is 8.85. The van der Waals surface area contributed by atoms with E-state index >= 15 is 0 Å². The molecule has 0 aliphatic carbocycles. The Morgan fingerprint density at radius 3 is 2.48 bits per heavy atom. The van der Waals surface area contributed by atoms with Gasteiger partial charge >= 0.3 is 6.18 Å². The summed E-state index contributed by atoms with van der Waals surface area (Å²) in [6.45, 7) is 8.44. The number of alkyl halides is 3. The van der Waals surface area contributed by atoms with Crippen molar-refractivity contribution in [2.45, 2.75) is 65.3 Å². The second kappa shape index (κ2) is 7.40. The van der Waals surface area contributed by atoms with Gasteiger partial charge in [0.2, 0.25) is 0 Å². The van der Waals surface area contributed by atoms with E-state index in [4.69, 9.17) is 4.74 Å². The molecule has 27 heavy (non-hydrogen) atoms. The van der Waals surface area contributed by atoms with Crippen molar-refractivity contribution in [3.8, 4) is 5.75 Å². The molecular formula is C19H25F3N2O3. The second-order valence-electron chi connectivity index (χ2n) is 7.55. The van der Waals surface area contributed by atoms with E-state index in [0.717, 1.165) is 0 Å². The molecule has 0 atom stereocenters. The first-order chi connectivity index (χ1) is 12.3. The molecule has 0 spiro atoms. The van der Waals surface area contributed by atoms with E-state index in [0.29, 0.717) is 22.6 Å². The number of nitrogens with one attached hydrogen (secondary N) is 1. The zero-order valence-electron chi connectivity index (χ0n) is 16.2. The van der Waals surface area contributed by atoms with Crippen LogP contribution in [0.4, 0.5) is 18.9 Å². The van der Waals surface area contributed by atoms with E-state index < -0.39 is 24.1 Å². The molecule has 0 saturated heterocycles. The first-order valence-electron chi connectivity index (χ1n) is 8.85. The molecule has 5 nitrogen and oxygen atoms in total. The number of aryl methyl sites for hydroxylation is 1. The molecule has 1 aromatic rings. The van der Waals surface area contributed by atoms with Crippen molar-refractivity contribution >= 4 is 17.5 Å². The van der Waals surface area contributed by atoms with Crippen LogP contribution in [0.25, 0.3) is 0 Å². The van der Waals surface area contributed by atoms with E-state index in [1.807, 2.05) is 13.8 Å². The average Bonchev–Trinajstić information content (AvgIpc) is 2.48. The highest BCUT2D eigenvalue weighted by Gasteiger charge is 2.41. The molecule has 0 bridgehead atoms. The Hall–Kier alpha value is -2.25. The van der Waals surface area contributed by atoms with Crippen LogP contribution in [0.2, 0.25) is 0 Å². The standard InChI is InChI=1S/C19H25F3N2O3/c1-11(2)23-16(25)13-10-14-15(9-12(13)3)27-18(4,5)17(26)24(14)8-6-7-19(20,21)22/h9-11H,6-8H2,1-5H3,(H,23,25). The summed E-state index contributed by atoms with van der Waals surface area (Å²) in [5, 5.41) is 2.78. The van der Waals surface area contributed by atoms with Crippen molar-refractivity contribution in [1.82, 2.24) is 5.32 Å². The molecule has 1 aliphatic rings. The summed E-state index contributed by atoms with van der Waals surface area (Å²) in [6, 6.07) is 3.09. The minimum Gasteiger partial charge on any atom is -0.476 e. The van der Waals surface area contributed by atoms with Gasteiger partial charge in [-0.15, -0.1) is 0 Å². The van der Waals surface area contributed by atoms with Crippen LogP contribution in [0.5, 0.6) is 5.75 Å². The first kappa shape index (κ1) is 21.1. The third-order valence-corrected chi connectivity index (χ3v) is 4.23. The number of carbonyl (C=O) groups excluding carboxylic acids is 2. The topological polar surface area (TPSA) is 58.6 Å².